The minimum absolute atomic E-state index is 0.106. The molecule has 374 valence electrons. The summed E-state index contributed by atoms with van der Waals surface area (Å²) >= 11 is 0. The molecule has 12 rings (SSSR count). The van der Waals surface area contributed by atoms with Gasteiger partial charge >= 0.3 is 0 Å². The number of sulfonamides is 1. The monoisotopic (exact) mass is 993 g/mol. The van der Waals surface area contributed by atoms with E-state index in [9.17, 15) is 23.3 Å². The first-order valence-corrected chi connectivity index (χ1v) is 26.8. The van der Waals surface area contributed by atoms with E-state index in [1.807, 2.05) is 41.4 Å². The van der Waals surface area contributed by atoms with Crippen molar-refractivity contribution in [2.75, 3.05) is 67.7 Å². The Morgan fingerprint density at radius 1 is 0.931 bits per heavy atom. The number of fused-ring (bicyclic) bond motifs is 3. The number of nitrogens with one attached hydrogen (secondary N) is 3. The van der Waals surface area contributed by atoms with E-state index in [0.717, 1.165) is 87.4 Å². The number of nitro benzene ring substituents is 1. The molecule has 5 aliphatic heterocycles. The van der Waals surface area contributed by atoms with Gasteiger partial charge in [-0.2, -0.15) is 4.98 Å². The molecule has 5 fully saturated rings. The summed E-state index contributed by atoms with van der Waals surface area (Å²) in [5, 5.41) is 16.3. The van der Waals surface area contributed by atoms with Crippen LogP contribution in [0.1, 0.15) is 78.9 Å². The maximum absolute atomic E-state index is 14.6. The lowest BCUT2D eigenvalue weighted by molar-refractivity contribution is -0.384. The number of piperidine rings is 1. The average Bonchev–Trinajstić information content (AvgIpc) is 4.18. The molecule has 17 nitrogen and oxygen atoms in total. The van der Waals surface area contributed by atoms with Gasteiger partial charge in [0.25, 0.3) is 21.6 Å². The number of hydrogen-bond donors (Lipinski definition) is 3. The van der Waals surface area contributed by atoms with E-state index in [2.05, 4.69) is 62.1 Å². The highest BCUT2D eigenvalue weighted by atomic mass is 32.2. The van der Waals surface area contributed by atoms with E-state index in [4.69, 9.17) is 24.2 Å². The van der Waals surface area contributed by atoms with Gasteiger partial charge in [-0.1, -0.05) is 30.3 Å². The fourth-order valence-electron chi connectivity index (χ4n) is 12.4. The molecular formula is C54H59N9O8S. The van der Waals surface area contributed by atoms with Crippen molar-refractivity contribution in [2.45, 2.75) is 87.4 Å². The standard InChI is InChI=1S/C54H59N9O8S/c1-34-6-4-19-55-50(34)41-8-3-2-7-40(41)44-9-5-21-61(44)38-29-54(30-38)17-22-60(23-18-54)37-10-12-42(45(27-37)62-47-26-36-14-20-56-51(36)58-53(47)71-49-33-70-32-48(49)62)52(64)59-72(67,68)39-11-13-43(46(28-39)63(65)66)57-31-35-15-24-69-25-16-35/h2-4,6-8,10-14,19-20,26-28,35,38,44,48-49,57H,5,9,15-18,21-25,29-33H2,1H3,(H,56,58)(H,59,64)/t44-,48+,49+/m0/s1. The van der Waals surface area contributed by atoms with Crippen LogP contribution in [0.3, 0.4) is 0 Å². The molecule has 3 aromatic carbocycles. The van der Waals surface area contributed by atoms with Crippen LogP contribution in [0.2, 0.25) is 0 Å². The number of aryl methyl sites for hydroxylation is 1. The van der Waals surface area contributed by atoms with Crippen molar-refractivity contribution >= 4 is 55.4 Å². The quantitative estimate of drug-likeness (QED) is 0.0778. The number of ether oxygens (including phenoxy) is 3. The van der Waals surface area contributed by atoms with Crippen LogP contribution >= 0.6 is 0 Å². The first-order chi connectivity index (χ1) is 35.0. The topological polar surface area (TPSA) is 197 Å². The number of rotatable bonds is 12. The van der Waals surface area contributed by atoms with Gasteiger partial charge < -0.3 is 34.3 Å². The number of hydrogen-bond acceptors (Lipinski definition) is 14. The Morgan fingerprint density at radius 2 is 1.76 bits per heavy atom. The van der Waals surface area contributed by atoms with Crippen molar-refractivity contribution in [3.05, 3.63) is 124 Å². The highest BCUT2D eigenvalue weighted by Crippen LogP contribution is 2.55. The van der Waals surface area contributed by atoms with E-state index in [-0.39, 0.29) is 28.6 Å². The van der Waals surface area contributed by atoms with Crippen LogP contribution in [0.5, 0.6) is 5.88 Å². The first kappa shape index (κ1) is 46.5. The normalized spacial score (nSPS) is 22.3. The molecule has 1 saturated carbocycles. The summed E-state index contributed by atoms with van der Waals surface area (Å²) < 4.78 is 48.4. The van der Waals surface area contributed by atoms with Gasteiger partial charge in [0.2, 0.25) is 5.88 Å². The van der Waals surface area contributed by atoms with Crippen molar-refractivity contribution in [2.24, 2.45) is 11.3 Å². The van der Waals surface area contributed by atoms with Gasteiger partial charge in [0.1, 0.15) is 23.1 Å². The van der Waals surface area contributed by atoms with Crippen LogP contribution in [-0.2, 0) is 19.5 Å². The molecule has 4 saturated heterocycles. The average molecular weight is 994 g/mol. The van der Waals surface area contributed by atoms with Crippen LogP contribution in [-0.4, -0.2) is 110 Å². The number of carbonyl (C=O) groups is 1. The van der Waals surface area contributed by atoms with E-state index < -0.39 is 37.5 Å². The third-order valence-corrected chi connectivity index (χ3v) is 17.6. The summed E-state index contributed by atoms with van der Waals surface area (Å²) in [6, 6.07) is 26.6. The molecule has 1 amide bonds. The number of aromatic amines is 1. The van der Waals surface area contributed by atoms with E-state index in [1.165, 1.54) is 35.2 Å². The molecule has 1 aliphatic carbocycles. The molecule has 3 atom stereocenters. The van der Waals surface area contributed by atoms with Crippen LogP contribution in [0.15, 0.2) is 102 Å². The zero-order chi connectivity index (χ0) is 49.1. The number of nitro groups is 1. The number of amides is 1. The first-order valence-electron chi connectivity index (χ1n) is 25.4. The van der Waals surface area contributed by atoms with E-state index in [1.54, 1.807) is 12.3 Å². The number of carbonyl (C=O) groups excluding carboxylic acids is 1. The van der Waals surface area contributed by atoms with Crippen LogP contribution in [0, 0.1) is 28.4 Å². The highest BCUT2D eigenvalue weighted by molar-refractivity contribution is 7.90. The number of likely N-dealkylation sites (tertiary alicyclic amines) is 1. The second-order valence-corrected chi connectivity index (χ2v) is 22.3. The lowest BCUT2D eigenvalue weighted by atomic mass is 9.59. The molecule has 1 spiro atoms. The smallest absolute Gasteiger partial charge is 0.293 e. The fraction of sp³-hybridized carbons (Fsp3) is 0.426. The van der Waals surface area contributed by atoms with Gasteiger partial charge in [-0.25, -0.2) is 13.1 Å². The minimum atomic E-state index is -4.60. The fourth-order valence-corrected chi connectivity index (χ4v) is 13.4. The number of nitrogens with zero attached hydrogens (tertiary/aromatic N) is 6. The third-order valence-electron chi connectivity index (χ3n) is 16.3. The van der Waals surface area contributed by atoms with Crippen molar-refractivity contribution in [1.82, 2.24) is 24.6 Å². The highest BCUT2D eigenvalue weighted by Gasteiger charge is 2.50. The number of benzene rings is 3. The number of pyridine rings is 2. The Balaban J connectivity index is 0.808. The zero-order valence-electron chi connectivity index (χ0n) is 40.3. The van der Waals surface area contributed by atoms with Gasteiger partial charge in [-0.15, -0.1) is 0 Å². The largest absolute Gasteiger partial charge is 0.468 e. The maximum atomic E-state index is 14.6. The van der Waals surface area contributed by atoms with Gasteiger partial charge in [0, 0.05) is 80.0 Å². The molecule has 3 aromatic heterocycles. The van der Waals surface area contributed by atoms with E-state index in [0.29, 0.717) is 68.0 Å². The summed E-state index contributed by atoms with van der Waals surface area (Å²) in [5.74, 6) is -0.241. The van der Waals surface area contributed by atoms with E-state index >= 15 is 0 Å². The molecule has 72 heavy (non-hydrogen) atoms. The van der Waals surface area contributed by atoms with Crippen LogP contribution in [0.25, 0.3) is 22.3 Å². The van der Waals surface area contributed by atoms with Gasteiger partial charge in [-0.05, 0) is 136 Å². The summed E-state index contributed by atoms with van der Waals surface area (Å²) in [6.45, 7) is 7.24. The predicted octanol–water partition coefficient (Wildman–Crippen LogP) is 8.68. The number of aromatic nitrogens is 3. The Morgan fingerprint density at radius 3 is 2.58 bits per heavy atom. The number of H-pyrrole nitrogens is 1. The summed E-state index contributed by atoms with van der Waals surface area (Å²) in [4.78, 5) is 45.9. The molecule has 8 heterocycles. The SMILES string of the molecule is Cc1cccnc1-c1ccccc1[C@@H]1CCCN1C1CC2(CCN(c3ccc(C(=O)NS(=O)(=O)c4ccc(NCC5CCOCC5)c([N+](=O)[O-])c4)c(N4c5cc6cc[nH]c6nc5O[C@@H]5COC[C@H]54)c3)CC2)C1. The molecule has 6 aromatic rings. The minimum Gasteiger partial charge on any atom is -0.468 e. The molecule has 0 bridgehead atoms. The van der Waals surface area contributed by atoms with Crippen LogP contribution < -0.4 is 24.6 Å². The Labute approximate surface area is 418 Å². The summed E-state index contributed by atoms with van der Waals surface area (Å²) in [6.07, 6.45) is 11.6. The molecule has 0 radical (unpaired) electrons. The second kappa shape index (κ2) is 18.8. The van der Waals surface area contributed by atoms with Crippen molar-refractivity contribution < 1.29 is 32.3 Å². The molecule has 3 N–H and O–H groups in total. The Kier molecular flexibility index (Phi) is 12.1. The third kappa shape index (κ3) is 8.60. The second-order valence-electron chi connectivity index (χ2n) is 20.6. The van der Waals surface area contributed by atoms with Crippen molar-refractivity contribution in [3.63, 3.8) is 0 Å². The maximum Gasteiger partial charge on any atom is 0.293 e. The zero-order valence-corrected chi connectivity index (χ0v) is 41.1. The lowest BCUT2D eigenvalue weighted by Gasteiger charge is -2.56. The lowest BCUT2D eigenvalue weighted by Crippen LogP contribution is -2.55. The summed E-state index contributed by atoms with van der Waals surface area (Å²) in [7, 11) is -4.60. The molecule has 0 unspecified atom stereocenters. The Bertz CT molecular complexity index is 3160. The summed E-state index contributed by atoms with van der Waals surface area (Å²) in [5.41, 5.74) is 7.67. The van der Waals surface area contributed by atoms with Gasteiger partial charge in [-0.3, -0.25) is 24.8 Å². The number of anilines is 4. The predicted molar refractivity (Wildman–Crippen MR) is 273 cm³/mol. The van der Waals surface area contributed by atoms with Crippen molar-refractivity contribution in [1.29, 1.82) is 0 Å². The van der Waals surface area contributed by atoms with Gasteiger partial charge in [0.15, 0.2) is 0 Å². The van der Waals surface area contributed by atoms with Gasteiger partial charge in [0.05, 0.1) is 46.0 Å². The Hall–Kier alpha value is -6.60. The van der Waals surface area contributed by atoms with Crippen LogP contribution in [0.4, 0.5) is 28.4 Å². The molecule has 6 aliphatic rings. The van der Waals surface area contributed by atoms with Crippen molar-refractivity contribution in [3.8, 4) is 17.1 Å². The molecule has 18 heteroatoms. The molecular weight excluding hydrogens is 935 g/mol.